The number of halogens is 1. The van der Waals surface area contributed by atoms with Crippen LogP contribution in [0.4, 0.5) is 0 Å². The Bertz CT molecular complexity index is 589. The Hall–Kier alpha value is -1.15. The first kappa shape index (κ1) is 16.9. The fourth-order valence-electron chi connectivity index (χ4n) is 1.59. The fraction of sp³-hybridized carbons (Fsp3) is 0.417. The molecule has 0 aliphatic carbocycles. The summed E-state index contributed by atoms with van der Waals surface area (Å²) in [6, 6.07) is 3.77. The van der Waals surface area contributed by atoms with Gasteiger partial charge in [-0.3, -0.25) is 4.79 Å². The minimum atomic E-state index is -3.97. The molecule has 0 bridgehead atoms. The summed E-state index contributed by atoms with van der Waals surface area (Å²) in [5.74, 6) is -0.407. The third kappa shape index (κ3) is 4.45. The van der Waals surface area contributed by atoms with Gasteiger partial charge in [0.05, 0.1) is 17.7 Å². The highest BCUT2D eigenvalue weighted by atomic mass is 35.5. The molecule has 1 unspecified atom stereocenters. The van der Waals surface area contributed by atoms with Gasteiger partial charge in [-0.1, -0.05) is 18.5 Å². The Kier molecular flexibility index (Phi) is 5.94. The zero-order chi connectivity index (χ0) is 15.3. The molecule has 0 fully saturated rings. The zero-order valence-corrected chi connectivity index (χ0v) is 12.8. The van der Waals surface area contributed by atoms with Gasteiger partial charge in [-0.25, -0.2) is 13.6 Å². The van der Waals surface area contributed by atoms with Crippen molar-refractivity contribution in [1.82, 2.24) is 5.32 Å². The molecule has 0 heterocycles. The number of carbonyl (C=O) groups is 1. The molecule has 1 amide bonds. The molecule has 20 heavy (non-hydrogen) atoms. The zero-order valence-electron chi connectivity index (χ0n) is 11.2. The molecule has 3 N–H and O–H groups in total. The Labute approximate surface area is 123 Å². The summed E-state index contributed by atoms with van der Waals surface area (Å²) in [5, 5.41) is 7.76. The Balaban J connectivity index is 3.00. The summed E-state index contributed by atoms with van der Waals surface area (Å²) in [7, 11) is -2.43. The van der Waals surface area contributed by atoms with E-state index in [4.69, 9.17) is 21.5 Å². The normalized spacial score (nSPS) is 13.0. The molecular formula is C12H17ClN2O4S. The van der Waals surface area contributed by atoms with Crippen LogP contribution in [0.3, 0.4) is 0 Å². The minimum Gasteiger partial charge on any atom is -0.383 e. The molecule has 1 rings (SSSR count). The van der Waals surface area contributed by atoms with Crippen LogP contribution >= 0.6 is 11.6 Å². The lowest BCUT2D eigenvalue weighted by Gasteiger charge is -2.16. The number of nitrogens with one attached hydrogen (secondary N) is 1. The molecule has 0 saturated carbocycles. The standard InChI is InChI=1S/C12H17ClN2O4S/c1-3-9(7-19-2)15-12(16)8-4-5-10(13)11(6-8)20(14,17)18/h4-6,9H,3,7H2,1-2H3,(H,15,16)(H2,14,17,18). The molecule has 0 saturated heterocycles. The lowest BCUT2D eigenvalue weighted by Crippen LogP contribution is -2.37. The van der Waals surface area contributed by atoms with Crippen LogP contribution in [0.2, 0.25) is 5.02 Å². The van der Waals surface area contributed by atoms with E-state index in [9.17, 15) is 13.2 Å². The van der Waals surface area contributed by atoms with E-state index >= 15 is 0 Å². The number of rotatable bonds is 6. The van der Waals surface area contributed by atoms with Gasteiger partial charge in [0.1, 0.15) is 4.90 Å². The maximum Gasteiger partial charge on any atom is 0.251 e. The average molecular weight is 321 g/mol. The molecule has 8 heteroatoms. The first-order chi connectivity index (χ1) is 9.29. The molecule has 112 valence electrons. The molecular weight excluding hydrogens is 304 g/mol. The van der Waals surface area contributed by atoms with Crippen LogP contribution in [0.5, 0.6) is 0 Å². The largest absolute Gasteiger partial charge is 0.383 e. The van der Waals surface area contributed by atoms with Crippen molar-refractivity contribution in [3.05, 3.63) is 28.8 Å². The predicted molar refractivity (Wildman–Crippen MR) is 76.2 cm³/mol. The third-order valence-corrected chi connectivity index (χ3v) is 4.09. The minimum absolute atomic E-state index is 0.0204. The highest BCUT2D eigenvalue weighted by Crippen LogP contribution is 2.21. The first-order valence-corrected chi connectivity index (χ1v) is 7.84. The van der Waals surface area contributed by atoms with Gasteiger partial charge >= 0.3 is 0 Å². The van der Waals surface area contributed by atoms with E-state index in [1.807, 2.05) is 6.92 Å². The van der Waals surface area contributed by atoms with Crippen molar-refractivity contribution >= 4 is 27.5 Å². The van der Waals surface area contributed by atoms with Gasteiger partial charge in [0, 0.05) is 12.7 Å². The second-order valence-corrected chi connectivity index (χ2v) is 6.16. The highest BCUT2D eigenvalue weighted by Gasteiger charge is 2.18. The molecule has 1 atom stereocenters. The van der Waals surface area contributed by atoms with Crippen LogP contribution in [0.1, 0.15) is 23.7 Å². The molecule has 0 radical (unpaired) electrons. The number of nitrogens with two attached hydrogens (primary N) is 1. The molecule has 0 spiro atoms. The van der Waals surface area contributed by atoms with E-state index in [2.05, 4.69) is 5.32 Å². The quantitative estimate of drug-likeness (QED) is 0.821. The predicted octanol–water partition coefficient (Wildman–Crippen LogP) is 1.14. The number of amides is 1. The fourth-order valence-corrected chi connectivity index (χ4v) is 2.67. The van der Waals surface area contributed by atoms with Crippen LogP contribution in [-0.2, 0) is 14.8 Å². The van der Waals surface area contributed by atoms with Crippen molar-refractivity contribution in [3.8, 4) is 0 Å². The van der Waals surface area contributed by atoms with Gasteiger partial charge in [-0.2, -0.15) is 0 Å². The number of methoxy groups -OCH3 is 1. The van der Waals surface area contributed by atoms with E-state index in [-0.39, 0.29) is 21.5 Å². The average Bonchev–Trinajstić information content (AvgIpc) is 2.37. The first-order valence-electron chi connectivity index (χ1n) is 5.91. The molecule has 6 nitrogen and oxygen atoms in total. The number of ether oxygens (including phenoxy) is 1. The maximum atomic E-state index is 12.0. The molecule has 0 aromatic heterocycles. The molecule has 0 aliphatic rings. The van der Waals surface area contributed by atoms with Crippen molar-refractivity contribution in [2.75, 3.05) is 13.7 Å². The van der Waals surface area contributed by atoms with Crippen LogP contribution in [0.15, 0.2) is 23.1 Å². The topological polar surface area (TPSA) is 98.5 Å². The number of hydrogen-bond donors (Lipinski definition) is 2. The van der Waals surface area contributed by atoms with Crippen LogP contribution < -0.4 is 10.5 Å². The Morgan fingerprint density at radius 2 is 2.15 bits per heavy atom. The van der Waals surface area contributed by atoms with Gasteiger partial charge < -0.3 is 10.1 Å². The molecule has 1 aromatic rings. The number of primary sulfonamides is 1. The van der Waals surface area contributed by atoms with E-state index in [0.29, 0.717) is 13.0 Å². The highest BCUT2D eigenvalue weighted by molar-refractivity contribution is 7.89. The van der Waals surface area contributed by atoms with Gasteiger partial charge in [-0.05, 0) is 24.6 Å². The molecule has 0 aliphatic heterocycles. The van der Waals surface area contributed by atoms with E-state index in [0.717, 1.165) is 6.07 Å². The number of sulfonamides is 1. The van der Waals surface area contributed by atoms with Crippen molar-refractivity contribution in [1.29, 1.82) is 0 Å². The van der Waals surface area contributed by atoms with Crippen LogP contribution in [0.25, 0.3) is 0 Å². The summed E-state index contributed by atoms with van der Waals surface area (Å²) in [5.41, 5.74) is 0.174. The van der Waals surface area contributed by atoms with Crippen molar-refractivity contribution < 1.29 is 17.9 Å². The monoisotopic (exact) mass is 320 g/mol. The second kappa shape index (κ2) is 7.03. The number of hydrogen-bond acceptors (Lipinski definition) is 4. The Morgan fingerprint density at radius 3 is 2.65 bits per heavy atom. The smallest absolute Gasteiger partial charge is 0.251 e. The lowest BCUT2D eigenvalue weighted by atomic mass is 10.2. The Morgan fingerprint density at radius 1 is 1.50 bits per heavy atom. The summed E-state index contributed by atoms with van der Waals surface area (Å²) in [4.78, 5) is 11.8. The number of carbonyl (C=O) groups excluding carboxylic acids is 1. The summed E-state index contributed by atoms with van der Waals surface area (Å²) >= 11 is 5.76. The van der Waals surface area contributed by atoms with Gasteiger partial charge in [0.15, 0.2) is 0 Å². The summed E-state index contributed by atoms with van der Waals surface area (Å²) in [6.07, 6.45) is 0.690. The van der Waals surface area contributed by atoms with Gasteiger partial charge in [0.2, 0.25) is 10.0 Å². The van der Waals surface area contributed by atoms with Crippen molar-refractivity contribution in [2.24, 2.45) is 5.14 Å². The SMILES string of the molecule is CCC(COC)NC(=O)c1ccc(Cl)c(S(N)(=O)=O)c1. The summed E-state index contributed by atoms with van der Waals surface area (Å²) in [6.45, 7) is 2.28. The van der Waals surface area contributed by atoms with Crippen molar-refractivity contribution in [2.45, 2.75) is 24.3 Å². The number of benzene rings is 1. The second-order valence-electron chi connectivity index (χ2n) is 4.22. The third-order valence-electron chi connectivity index (χ3n) is 2.70. The van der Waals surface area contributed by atoms with E-state index in [1.54, 1.807) is 0 Å². The lowest BCUT2D eigenvalue weighted by molar-refractivity contribution is 0.0894. The maximum absolute atomic E-state index is 12.0. The van der Waals surface area contributed by atoms with Crippen LogP contribution in [-0.4, -0.2) is 34.1 Å². The molecule has 1 aromatic carbocycles. The van der Waals surface area contributed by atoms with Gasteiger partial charge in [-0.15, -0.1) is 0 Å². The van der Waals surface area contributed by atoms with Crippen LogP contribution in [0, 0.1) is 0 Å². The van der Waals surface area contributed by atoms with E-state index < -0.39 is 15.9 Å². The summed E-state index contributed by atoms with van der Waals surface area (Å²) < 4.78 is 27.7. The van der Waals surface area contributed by atoms with E-state index in [1.165, 1.54) is 19.2 Å². The van der Waals surface area contributed by atoms with Gasteiger partial charge in [0.25, 0.3) is 5.91 Å². The van der Waals surface area contributed by atoms with Crippen molar-refractivity contribution in [3.63, 3.8) is 0 Å².